The lowest BCUT2D eigenvalue weighted by Gasteiger charge is -2.20. The maximum atomic E-state index is 8.79. The molecule has 0 amide bonds. The smallest absolute Gasteiger partial charge is 0.0588 e. The van der Waals surface area contributed by atoms with Gasteiger partial charge >= 0.3 is 0 Å². The van der Waals surface area contributed by atoms with Gasteiger partial charge in [0.2, 0.25) is 0 Å². The molecule has 0 aromatic carbocycles. The number of aliphatic hydroxyl groups excluding tert-OH is 1. The van der Waals surface area contributed by atoms with Crippen LogP contribution in [0.3, 0.4) is 0 Å². The second-order valence-electron chi connectivity index (χ2n) is 3.58. The summed E-state index contributed by atoms with van der Waals surface area (Å²) >= 11 is 0. The van der Waals surface area contributed by atoms with Gasteiger partial charge in [0.25, 0.3) is 0 Å². The average molecular weight is 187 g/mol. The minimum absolute atomic E-state index is 0.263. The molecule has 78 valence electrons. The van der Waals surface area contributed by atoms with Gasteiger partial charge in [-0.25, -0.2) is 0 Å². The maximum Gasteiger partial charge on any atom is 0.0588 e. The Balaban J connectivity index is 2.07. The first kappa shape index (κ1) is 11.0. The number of rotatable bonds is 6. The van der Waals surface area contributed by atoms with Crippen LogP contribution in [-0.4, -0.2) is 49.0 Å². The van der Waals surface area contributed by atoms with Crippen LogP contribution in [0.5, 0.6) is 0 Å². The molecule has 1 heterocycles. The Bertz CT molecular complexity index is 124. The van der Waals surface area contributed by atoms with E-state index in [0.717, 1.165) is 32.7 Å². The van der Waals surface area contributed by atoms with Crippen molar-refractivity contribution in [3.05, 3.63) is 0 Å². The van der Waals surface area contributed by atoms with Crippen LogP contribution in [0, 0.1) is 0 Å². The maximum absolute atomic E-state index is 8.79. The second kappa shape index (κ2) is 6.35. The third-order valence-corrected chi connectivity index (χ3v) is 2.65. The lowest BCUT2D eigenvalue weighted by atomic mass is 10.2. The molecule has 0 spiro atoms. The van der Waals surface area contributed by atoms with E-state index in [-0.39, 0.29) is 6.61 Å². The van der Waals surface area contributed by atoms with E-state index in [4.69, 9.17) is 9.84 Å². The number of nitrogens with zero attached hydrogens (tertiary/aromatic N) is 1. The van der Waals surface area contributed by atoms with Crippen molar-refractivity contribution in [2.45, 2.75) is 32.3 Å². The molecule has 0 bridgehead atoms. The topological polar surface area (TPSA) is 32.7 Å². The Kier molecular flexibility index (Phi) is 5.35. The number of ether oxygens (including phenoxy) is 1. The second-order valence-corrected chi connectivity index (χ2v) is 3.58. The van der Waals surface area contributed by atoms with Crippen molar-refractivity contribution in [3.8, 4) is 0 Å². The highest BCUT2D eigenvalue weighted by Crippen LogP contribution is 2.15. The Morgan fingerprint density at radius 2 is 2.31 bits per heavy atom. The zero-order valence-corrected chi connectivity index (χ0v) is 8.54. The molecular formula is C10H21NO2. The van der Waals surface area contributed by atoms with Crippen LogP contribution >= 0.6 is 0 Å². The number of likely N-dealkylation sites (N-methyl/N-ethyl adjacent to an activating group) is 1. The van der Waals surface area contributed by atoms with Crippen LogP contribution in [0.25, 0.3) is 0 Å². The SMILES string of the molecule is CCN(CCO)CCC1CCCO1. The van der Waals surface area contributed by atoms with Gasteiger partial charge in [0.05, 0.1) is 12.7 Å². The van der Waals surface area contributed by atoms with Crippen LogP contribution in [0.2, 0.25) is 0 Å². The zero-order valence-electron chi connectivity index (χ0n) is 8.54. The largest absolute Gasteiger partial charge is 0.395 e. The van der Waals surface area contributed by atoms with E-state index in [1.807, 2.05) is 0 Å². The summed E-state index contributed by atoms with van der Waals surface area (Å²) in [6.45, 7) is 6.21. The van der Waals surface area contributed by atoms with E-state index in [1.54, 1.807) is 0 Å². The summed E-state index contributed by atoms with van der Waals surface area (Å²) in [6, 6.07) is 0. The number of aliphatic hydroxyl groups is 1. The van der Waals surface area contributed by atoms with Gasteiger partial charge in [-0.3, -0.25) is 0 Å². The normalized spacial score (nSPS) is 22.8. The molecule has 1 N–H and O–H groups in total. The van der Waals surface area contributed by atoms with Gasteiger partial charge < -0.3 is 14.7 Å². The quantitative estimate of drug-likeness (QED) is 0.669. The fourth-order valence-electron chi connectivity index (χ4n) is 1.77. The predicted molar refractivity (Wildman–Crippen MR) is 52.8 cm³/mol. The van der Waals surface area contributed by atoms with Gasteiger partial charge in [-0.1, -0.05) is 6.92 Å². The van der Waals surface area contributed by atoms with Gasteiger partial charge in [-0.2, -0.15) is 0 Å². The standard InChI is InChI=1S/C10H21NO2/c1-2-11(7-8-12)6-5-10-4-3-9-13-10/h10,12H,2-9H2,1H3. The Morgan fingerprint density at radius 3 is 2.85 bits per heavy atom. The van der Waals surface area contributed by atoms with Gasteiger partial charge in [-0.15, -0.1) is 0 Å². The van der Waals surface area contributed by atoms with Crippen LogP contribution in [0.4, 0.5) is 0 Å². The molecule has 1 atom stereocenters. The fourth-order valence-corrected chi connectivity index (χ4v) is 1.77. The summed E-state index contributed by atoms with van der Waals surface area (Å²) < 4.78 is 5.54. The molecular weight excluding hydrogens is 166 g/mol. The molecule has 0 aliphatic carbocycles. The Hall–Kier alpha value is -0.120. The number of hydrogen-bond donors (Lipinski definition) is 1. The van der Waals surface area contributed by atoms with Crippen LogP contribution < -0.4 is 0 Å². The Labute approximate surface area is 80.7 Å². The van der Waals surface area contributed by atoms with Crippen molar-refractivity contribution >= 4 is 0 Å². The first-order valence-electron chi connectivity index (χ1n) is 5.31. The first-order chi connectivity index (χ1) is 6.36. The molecule has 1 unspecified atom stereocenters. The van der Waals surface area contributed by atoms with Gasteiger partial charge in [0, 0.05) is 19.7 Å². The van der Waals surface area contributed by atoms with Gasteiger partial charge in [0.15, 0.2) is 0 Å². The molecule has 1 aliphatic heterocycles. The van der Waals surface area contributed by atoms with Crippen molar-refractivity contribution in [2.75, 3.05) is 32.8 Å². The van der Waals surface area contributed by atoms with Gasteiger partial charge in [-0.05, 0) is 25.8 Å². The predicted octanol–water partition coefficient (Wildman–Crippen LogP) is 0.870. The summed E-state index contributed by atoms with van der Waals surface area (Å²) in [5.74, 6) is 0. The van der Waals surface area contributed by atoms with Crippen molar-refractivity contribution in [3.63, 3.8) is 0 Å². The molecule has 1 aliphatic rings. The molecule has 1 rings (SSSR count). The minimum atomic E-state index is 0.263. The van der Waals surface area contributed by atoms with Crippen molar-refractivity contribution < 1.29 is 9.84 Å². The highest BCUT2D eigenvalue weighted by Gasteiger charge is 2.15. The summed E-state index contributed by atoms with van der Waals surface area (Å²) in [5, 5.41) is 8.79. The van der Waals surface area contributed by atoms with Crippen molar-refractivity contribution in [1.29, 1.82) is 0 Å². The lowest BCUT2D eigenvalue weighted by molar-refractivity contribution is 0.0895. The summed E-state index contributed by atoms with van der Waals surface area (Å²) in [6.07, 6.45) is 4.04. The summed E-state index contributed by atoms with van der Waals surface area (Å²) in [7, 11) is 0. The highest BCUT2D eigenvalue weighted by atomic mass is 16.5. The first-order valence-corrected chi connectivity index (χ1v) is 5.31. The third kappa shape index (κ3) is 4.07. The van der Waals surface area contributed by atoms with Crippen LogP contribution in [-0.2, 0) is 4.74 Å². The molecule has 13 heavy (non-hydrogen) atoms. The van der Waals surface area contributed by atoms with E-state index in [2.05, 4.69) is 11.8 Å². The zero-order chi connectivity index (χ0) is 9.52. The summed E-state index contributed by atoms with van der Waals surface area (Å²) in [4.78, 5) is 2.27. The van der Waals surface area contributed by atoms with Crippen LogP contribution in [0.15, 0.2) is 0 Å². The molecule has 1 saturated heterocycles. The minimum Gasteiger partial charge on any atom is -0.395 e. The van der Waals surface area contributed by atoms with Gasteiger partial charge in [0.1, 0.15) is 0 Å². The van der Waals surface area contributed by atoms with Crippen LogP contribution in [0.1, 0.15) is 26.2 Å². The van der Waals surface area contributed by atoms with E-state index in [0.29, 0.717) is 6.10 Å². The van der Waals surface area contributed by atoms with E-state index in [9.17, 15) is 0 Å². The van der Waals surface area contributed by atoms with E-state index >= 15 is 0 Å². The van der Waals surface area contributed by atoms with Crippen molar-refractivity contribution in [1.82, 2.24) is 4.90 Å². The molecule has 0 saturated carbocycles. The fraction of sp³-hybridized carbons (Fsp3) is 1.00. The lowest BCUT2D eigenvalue weighted by Crippen LogP contribution is -2.29. The van der Waals surface area contributed by atoms with E-state index < -0.39 is 0 Å². The molecule has 3 nitrogen and oxygen atoms in total. The highest BCUT2D eigenvalue weighted by molar-refractivity contribution is 4.67. The molecule has 0 radical (unpaired) electrons. The molecule has 1 fully saturated rings. The molecule has 3 heteroatoms. The van der Waals surface area contributed by atoms with E-state index in [1.165, 1.54) is 12.8 Å². The monoisotopic (exact) mass is 187 g/mol. The molecule has 0 aromatic heterocycles. The number of hydrogen-bond acceptors (Lipinski definition) is 3. The molecule has 0 aromatic rings. The van der Waals surface area contributed by atoms with Crippen molar-refractivity contribution in [2.24, 2.45) is 0 Å². The average Bonchev–Trinajstić information content (AvgIpc) is 2.64. The summed E-state index contributed by atoms with van der Waals surface area (Å²) in [5.41, 5.74) is 0. The third-order valence-electron chi connectivity index (χ3n) is 2.65. The Morgan fingerprint density at radius 1 is 1.46 bits per heavy atom.